The van der Waals surface area contributed by atoms with Gasteiger partial charge in [0.1, 0.15) is 0 Å². The van der Waals surface area contributed by atoms with Gasteiger partial charge < -0.3 is 10.5 Å². The molecule has 90 valence electrons. The van der Waals surface area contributed by atoms with Gasteiger partial charge in [0.15, 0.2) is 0 Å². The van der Waals surface area contributed by atoms with Crippen molar-refractivity contribution >= 4 is 37.3 Å². The molecule has 0 atom stereocenters. The highest BCUT2D eigenvalue weighted by molar-refractivity contribution is 9.10. The molecule has 0 aliphatic rings. The summed E-state index contributed by atoms with van der Waals surface area (Å²) in [7, 11) is -1.92. The zero-order valence-corrected chi connectivity index (χ0v) is 11.1. The highest BCUT2D eigenvalue weighted by Gasteiger charge is 2.11. The molecule has 0 fully saturated rings. The molecular weight excluding hydrogens is 296 g/mol. The van der Waals surface area contributed by atoms with Crippen molar-refractivity contribution in [2.75, 3.05) is 29.9 Å². The molecule has 0 saturated heterocycles. The highest BCUT2D eigenvalue weighted by Crippen LogP contribution is 2.25. The lowest BCUT2D eigenvalue weighted by molar-refractivity contribution is 0.217. The summed E-state index contributed by atoms with van der Waals surface area (Å²) in [5.74, 6) is -0.0830. The summed E-state index contributed by atoms with van der Waals surface area (Å²) >= 11 is 3.23. The van der Waals surface area contributed by atoms with Gasteiger partial charge >= 0.3 is 0 Å². The summed E-state index contributed by atoms with van der Waals surface area (Å²) in [5.41, 5.74) is 6.57. The Kier molecular flexibility index (Phi) is 4.57. The summed E-state index contributed by atoms with van der Waals surface area (Å²) in [6.07, 6.45) is 0. The van der Waals surface area contributed by atoms with E-state index >= 15 is 0 Å². The van der Waals surface area contributed by atoms with Crippen LogP contribution in [0.4, 0.5) is 11.4 Å². The Hall–Kier alpha value is -0.790. The second-order valence-corrected chi connectivity index (χ2v) is 5.85. The molecular formula is C9H13BrN2O3S. The molecule has 5 nitrogen and oxygen atoms in total. The number of hydrogen-bond donors (Lipinski definition) is 2. The predicted molar refractivity (Wildman–Crippen MR) is 67.8 cm³/mol. The topological polar surface area (TPSA) is 81.4 Å². The van der Waals surface area contributed by atoms with Gasteiger partial charge in [-0.2, -0.15) is 0 Å². The normalized spacial score (nSPS) is 11.4. The molecule has 0 spiro atoms. The third kappa shape index (κ3) is 3.99. The molecule has 0 saturated carbocycles. The summed E-state index contributed by atoms with van der Waals surface area (Å²) in [6.45, 7) is 0.155. The number of ether oxygens (including phenoxy) is 1. The zero-order valence-electron chi connectivity index (χ0n) is 8.73. The largest absolute Gasteiger partial charge is 0.399 e. The minimum atomic E-state index is -3.38. The SMILES string of the molecule is COCCS(=O)(=O)Nc1ccc(N)cc1Br. The molecule has 0 unspecified atom stereocenters. The van der Waals surface area contributed by atoms with Crippen LogP contribution in [0, 0.1) is 0 Å². The van der Waals surface area contributed by atoms with Gasteiger partial charge in [0.05, 0.1) is 18.0 Å². The molecule has 0 amide bonds. The fraction of sp³-hybridized carbons (Fsp3) is 0.333. The van der Waals surface area contributed by atoms with Gasteiger partial charge in [-0.15, -0.1) is 0 Å². The second kappa shape index (κ2) is 5.51. The lowest BCUT2D eigenvalue weighted by Crippen LogP contribution is -2.19. The Balaban J connectivity index is 2.80. The third-order valence-electron chi connectivity index (χ3n) is 1.81. The highest BCUT2D eigenvalue weighted by atomic mass is 79.9. The van der Waals surface area contributed by atoms with Crippen molar-refractivity contribution in [1.82, 2.24) is 0 Å². The average molecular weight is 309 g/mol. The fourth-order valence-corrected chi connectivity index (χ4v) is 2.65. The quantitative estimate of drug-likeness (QED) is 0.806. The van der Waals surface area contributed by atoms with E-state index in [1.54, 1.807) is 18.2 Å². The molecule has 0 radical (unpaired) electrons. The second-order valence-electron chi connectivity index (χ2n) is 3.15. The standard InChI is InChI=1S/C9H13BrN2O3S/c1-15-4-5-16(13,14)12-9-3-2-7(11)6-8(9)10/h2-3,6,12H,4-5,11H2,1H3. The van der Waals surface area contributed by atoms with Crippen LogP contribution in [-0.2, 0) is 14.8 Å². The molecule has 0 aromatic heterocycles. The van der Waals surface area contributed by atoms with Gasteiger partial charge in [0.2, 0.25) is 10.0 Å². The summed E-state index contributed by atoms with van der Waals surface area (Å²) in [6, 6.07) is 4.86. The minimum Gasteiger partial charge on any atom is -0.399 e. The first-order valence-electron chi connectivity index (χ1n) is 4.49. The van der Waals surface area contributed by atoms with Crippen LogP contribution in [0.3, 0.4) is 0 Å². The maximum absolute atomic E-state index is 11.6. The van der Waals surface area contributed by atoms with E-state index in [1.165, 1.54) is 7.11 Å². The Labute approximate surface area is 103 Å². The lowest BCUT2D eigenvalue weighted by atomic mass is 10.3. The van der Waals surface area contributed by atoms with Crippen LogP contribution < -0.4 is 10.5 Å². The molecule has 7 heteroatoms. The zero-order chi connectivity index (χ0) is 12.2. The number of benzene rings is 1. The Morgan fingerprint density at radius 2 is 2.19 bits per heavy atom. The predicted octanol–water partition coefficient (Wildman–Crippen LogP) is 1.42. The fourth-order valence-electron chi connectivity index (χ4n) is 1.03. The van der Waals surface area contributed by atoms with Crippen molar-refractivity contribution in [3.05, 3.63) is 22.7 Å². The molecule has 0 heterocycles. The lowest BCUT2D eigenvalue weighted by Gasteiger charge is -2.09. The van der Waals surface area contributed by atoms with Crippen LogP contribution in [0.25, 0.3) is 0 Å². The van der Waals surface area contributed by atoms with Crippen LogP contribution in [0.1, 0.15) is 0 Å². The molecule has 3 N–H and O–H groups in total. The van der Waals surface area contributed by atoms with E-state index in [-0.39, 0.29) is 12.4 Å². The van der Waals surface area contributed by atoms with E-state index in [9.17, 15) is 8.42 Å². The van der Waals surface area contributed by atoms with Crippen molar-refractivity contribution in [2.45, 2.75) is 0 Å². The van der Waals surface area contributed by atoms with Gasteiger partial charge in [0, 0.05) is 17.3 Å². The molecule has 16 heavy (non-hydrogen) atoms. The number of nitrogen functional groups attached to an aromatic ring is 1. The first kappa shape index (κ1) is 13.3. The van der Waals surface area contributed by atoms with Crippen LogP contribution in [0.2, 0.25) is 0 Å². The van der Waals surface area contributed by atoms with E-state index in [0.717, 1.165) is 0 Å². The molecule has 1 aromatic rings. The smallest absolute Gasteiger partial charge is 0.235 e. The molecule has 0 aliphatic heterocycles. The van der Waals surface area contributed by atoms with Gasteiger partial charge in [-0.3, -0.25) is 4.72 Å². The monoisotopic (exact) mass is 308 g/mol. The van der Waals surface area contributed by atoms with Crippen molar-refractivity contribution in [2.24, 2.45) is 0 Å². The van der Waals surface area contributed by atoms with Crippen LogP contribution >= 0.6 is 15.9 Å². The number of sulfonamides is 1. The summed E-state index contributed by atoms with van der Waals surface area (Å²) in [4.78, 5) is 0. The van der Waals surface area contributed by atoms with Gasteiger partial charge in [-0.05, 0) is 34.1 Å². The van der Waals surface area contributed by atoms with Gasteiger partial charge in [-0.25, -0.2) is 8.42 Å². The number of nitrogens with two attached hydrogens (primary N) is 1. The van der Waals surface area contributed by atoms with Crippen LogP contribution in [0.5, 0.6) is 0 Å². The van der Waals surface area contributed by atoms with Crippen molar-refractivity contribution in [3.8, 4) is 0 Å². The number of hydrogen-bond acceptors (Lipinski definition) is 4. The Morgan fingerprint density at radius 3 is 2.75 bits per heavy atom. The molecule has 0 aliphatic carbocycles. The number of nitrogens with one attached hydrogen (secondary N) is 1. The van der Waals surface area contributed by atoms with E-state index in [2.05, 4.69) is 20.7 Å². The summed E-state index contributed by atoms with van der Waals surface area (Å²) < 4.78 is 30.9. The average Bonchev–Trinajstić information content (AvgIpc) is 2.19. The first-order chi connectivity index (χ1) is 7.44. The van der Waals surface area contributed by atoms with E-state index < -0.39 is 10.0 Å². The maximum atomic E-state index is 11.6. The molecule has 1 aromatic carbocycles. The van der Waals surface area contributed by atoms with Crippen molar-refractivity contribution in [3.63, 3.8) is 0 Å². The first-order valence-corrected chi connectivity index (χ1v) is 6.93. The number of rotatable bonds is 5. The van der Waals surface area contributed by atoms with Gasteiger partial charge in [0.25, 0.3) is 0 Å². The number of methoxy groups -OCH3 is 1. The third-order valence-corrected chi connectivity index (χ3v) is 3.71. The Bertz CT molecular complexity index is 462. The number of anilines is 2. The molecule has 1 rings (SSSR count). The Morgan fingerprint density at radius 1 is 1.50 bits per heavy atom. The van der Waals surface area contributed by atoms with Crippen molar-refractivity contribution < 1.29 is 13.2 Å². The van der Waals surface area contributed by atoms with Crippen LogP contribution in [0.15, 0.2) is 22.7 Å². The molecule has 0 bridgehead atoms. The summed E-state index contributed by atoms with van der Waals surface area (Å²) in [5, 5.41) is 0. The van der Waals surface area contributed by atoms with E-state index in [1.807, 2.05) is 0 Å². The van der Waals surface area contributed by atoms with Gasteiger partial charge in [-0.1, -0.05) is 0 Å². The van der Waals surface area contributed by atoms with Crippen LogP contribution in [-0.4, -0.2) is 27.9 Å². The minimum absolute atomic E-state index is 0.0830. The van der Waals surface area contributed by atoms with E-state index in [4.69, 9.17) is 10.5 Å². The number of halogens is 1. The van der Waals surface area contributed by atoms with E-state index in [0.29, 0.717) is 15.8 Å². The van der Waals surface area contributed by atoms with Crippen molar-refractivity contribution in [1.29, 1.82) is 0 Å². The maximum Gasteiger partial charge on any atom is 0.235 e.